The van der Waals surface area contributed by atoms with Crippen LogP contribution in [-0.2, 0) is 5.41 Å². The molecule has 0 bridgehead atoms. The van der Waals surface area contributed by atoms with Crippen LogP contribution in [0.3, 0.4) is 0 Å². The molecule has 11 aromatic rings. The second-order valence-electron chi connectivity index (χ2n) is 16.4. The topological polar surface area (TPSA) is 25.8 Å². The van der Waals surface area contributed by atoms with Crippen molar-refractivity contribution >= 4 is 21.5 Å². The molecule has 12 rings (SSSR count). The summed E-state index contributed by atoms with van der Waals surface area (Å²) in [5.74, 6) is 0.699. The van der Waals surface area contributed by atoms with E-state index in [0.717, 1.165) is 33.5 Å². The van der Waals surface area contributed by atoms with Gasteiger partial charge in [0.1, 0.15) is 0 Å². The molecule has 0 aliphatic heterocycles. The van der Waals surface area contributed by atoms with Crippen molar-refractivity contribution in [2.24, 2.45) is 0 Å². The maximum atomic E-state index is 5.32. The van der Waals surface area contributed by atoms with E-state index in [0.29, 0.717) is 5.82 Å². The van der Waals surface area contributed by atoms with Gasteiger partial charge in [-0.15, -0.1) is 0 Å². The maximum absolute atomic E-state index is 5.32. The van der Waals surface area contributed by atoms with Crippen molar-refractivity contribution in [3.63, 3.8) is 0 Å². The van der Waals surface area contributed by atoms with Gasteiger partial charge in [-0.1, -0.05) is 237 Å². The molecule has 0 saturated carbocycles. The zero-order chi connectivity index (χ0) is 41.7. The first-order valence-electron chi connectivity index (χ1n) is 21.7. The molecule has 1 heterocycles. The number of hydrogen-bond acceptors (Lipinski definition) is 2. The molecule has 294 valence electrons. The Morgan fingerprint density at radius 2 is 0.810 bits per heavy atom. The smallest absolute Gasteiger partial charge is 0.160 e. The number of fused-ring (bicyclic) bond motifs is 6. The van der Waals surface area contributed by atoms with E-state index in [1.54, 1.807) is 0 Å². The van der Waals surface area contributed by atoms with Crippen LogP contribution in [0.2, 0.25) is 0 Å². The molecule has 10 aromatic carbocycles. The summed E-state index contributed by atoms with van der Waals surface area (Å²) in [6.07, 6.45) is 0. The first-order valence-corrected chi connectivity index (χ1v) is 21.7. The standard InChI is InChI=1S/C61H40N2/c1-5-18-41(19-6-1)42-32-34-44(35-33-42)56-40-57(63-60(62-56)45-21-7-2-8-22-45)52-38-37-51(49-28-15-16-29-50(49)52)53-30-17-31-54-58-48-27-14-13-20-43(48)36-39-55(58)61(59(53)54,46-23-9-3-10-24-46)47-25-11-4-12-26-47/h1-40H. The van der Waals surface area contributed by atoms with E-state index in [9.17, 15) is 0 Å². The second kappa shape index (κ2) is 15.1. The van der Waals surface area contributed by atoms with Gasteiger partial charge < -0.3 is 0 Å². The molecule has 63 heavy (non-hydrogen) atoms. The van der Waals surface area contributed by atoms with Gasteiger partial charge >= 0.3 is 0 Å². The van der Waals surface area contributed by atoms with E-state index < -0.39 is 5.41 Å². The summed E-state index contributed by atoms with van der Waals surface area (Å²) < 4.78 is 0. The average molecular weight is 801 g/mol. The Labute approximate surface area is 367 Å². The molecule has 1 aromatic heterocycles. The summed E-state index contributed by atoms with van der Waals surface area (Å²) in [5.41, 5.74) is 16.7. The van der Waals surface area contributed by atoms with Crippen LogP contribution in [0.25, 0.3) is 88.8 Å². The number of nitrogens with zero attached hydrogens (tertiary/aromatic N) is 2. The Balaban J connectivity index is 1.09. The van der Waals surface area contributed by atoms with Crippen LogP contribution >= 0.6 is 0 Å². The van der Waals surface area contributed by atoms with Gasteiger partial charge in [-0.05, 0) is 83.2 Å². The Hall–Kier alpha value is -8.20. The third-order valence-corrected chi connectivity index (χ3v) is 13.0. The van der Waals surface area contributed by atoms with Crippen LogP contribution in [0.4, 0.5) is 0 Å². The molecule has 2 nitrogen and oxygen atoms in total. The highest BCUT2D eigenvalue weighted by Gasteiger charge is 2.48. The van der Waals surface area contributed by atoms with E-state index in [1.165, 1.54) is 71.8 Å². The Bertz CT molecular complexity index is 3430. The highest BCUT2D eigenvalue weighted by atomic mass is 14.9. The van der Waals surface area contributed by atoms with Crippen molar-refractivity contribution < 1.29 is 0 Å². The van der Waals surface area contributed by atoms with Gasteiger partial charge in [0.2, 0.25) is 0 Å². The van der Waals surface area contributed by atoms with Crippen LogP contribution in [0.5, 0.6) is 0 Å². The summed E-state index contributed by atoms with van der Waals surface area (Å²) in [4.78, 5) is 10.5. The third-order valence-electron chi connectivity index (χ3n) is 13.0. The van der Waals surface area contributed by atoms with Gasteiger partial charge in [0, 0.05) is 16.7 Å². The molecule has 0 saturated heterocycles. The van der Waals surface area contributed by atoms with E-state index in [2.05, 4.69) is 224 Å². The number of aromatic nitrogens is 2. The van der Waals surface area contributed by atoms with Gasteiger partial charge in [0.15, 0.2) is 5.82 Å². The molecule has 0 amide bonds. The molecule has 0 N–H and O–H groups in total. The van der Waals surface area contributed by atoms with Crippen LogP contribution in [0, 0.1) is 0 Å². The van der Waals surface area contributed by atoms with Crippen LogP contribution in [-0.4, -0.2) is 9.97 Å². The molecule has 0 spiro atoms. The van der Waals surface area contributed by atoms with Crippen molar-refractivity contribution in [3.8, 4) is 67.3 Å². The lowest BCUT2D eigenvalue weighted by Crippen LogP contribution is -2.29. The minimum absolute atomic E-state index is 0.574. The van der Waals surface area contributed by atoms with Crippen LogP contribution in [0.15, 0.2) is 243 Å². The van der Waals surface area contributed by atoms with Gasteiger partial charge in [-0.2, -0.15) is 0 Å². The molecule has 1 aliphatic rings. The normalized spacial score (nSPS) is 12.6. The highest BCUT2D eigenvalue weighted by Crippen LogP contribution is 2.60. The highest BCUT2D eigenvalue weighted by molar-refractivity contribution is 6.10. The quantitative estimate of drug-likeness (QED) is 0.160. The monoisotopic (exact) mass is 800 g/mol. The molecule has 0 unspecified atom stereocenters. The lowest BCUT2D eigenvalue weighted by molar-refractivity contribution is 0.771. The number of rotatable bonds is 7. The third kappa shape index (κ3) is 5.95. The fourth-order valence-electron chi connectivity index (χ4n) is 10.2. The van der Waals surface area contributed by atoms with Gasteiger partial charge in [0.05, 0.1) is 16.8 Å². The lowest BCUT2D eigenvalue weighted by atomic mass is 9.66. The first-order chi connectivity index (χ1) is 31.3. The van der Waals surface area contributed by atoms with Crippen molar-refractivity contribution in [2.45, 2.75) is 5.41 Å². The second-order valence-corrected chi connectivity index (χ2v) is 16.4. The minimum Gasteiger partial charge on any atom is -0.228 e. The maximum Gasteiger partial charge on any atom is 0.160 e. The van der Waals surface area contributed by atoms with E-state index in [-0.39, 0.29) is 0 Å². The van der Waals surface area contributed by atoms with Gasteiger partial charge in [-0.25, -0.2) is 9.97 Å². The summed E-state index contributed by atoms with van der Waals surface area (Å²) in [6.45, 7) is 0. The predicted octanol–water partition coefficient (Wildman–Crippen LogP) is 15.5. The summed E-state index contributed by atoms with van der Waals surface area (Å²) >= 11 is 0. The minimum atomic E-state index is -0.574. The lowest BCUT2D eigenvalue weighted by Gasteiger charge is -2.35. The van der Waals surface area contributed by atoms with Crippen molar-refractivity contribution in [2.75, 3.05) is 0 Å². The summed E-state index contributed by atoms with van der Waals surface area (Å²) in [7, 11) is 0. The Kier molecular flexibility index (Phi) is 8.76. The zero-order valence-electron chi connectivity index (χ0n) is 34.5. The summed E-state index contributed by atoms with van der Waals surface area (Å²) in [6, 6.07) is 87.8. The van der Waals surface area contributed by atoms with E-state index >= 15 is 0 Å². The van der Waals surface area contributed by atoms with Crippen LogP contribution in [0.1, 0.15) is 22.3 Å². The molecule has 0 atom stereocenters. The molecular weight excluding hydrogens is 761 g/mol. The molecule has 1 aliphatic carbocycles. The predicted molar refractivity (Wildman–Crippen MR) is 262 cm³/mol. The Morgan fingerprint density at radius 3 is 1.49 bits per heavy atom. The van der Waals surface area contributed by atoms with Crippen LogP contribution < -0.4 is 0 Å². The Morgan fingerprint density at radius 1 is 0.302 bits per heavy atom. The average Bonchev–Trinajstić information content (AvgIpc) is 3.69. The first kappa shape index (κ1) is 36.6. The molecule has 0 radical (unpaired) electrons. The van der Waals surface area contributed by atoms with Gasteiger partial charge in [-0.3, -0.25) is 0 Å². The SMILES string of the molecule is c1ccc(-c2ccc(-c3cc(-c4ccc(-c5cccc6c5C(c5ccccc5)(c5ccccc5)c5ccc7ccccc7c5-6)c5ccccc45)nc(-c4ccccc4)n3)cc2)cc1. The van der Waals surface area contributed by atoms with Crippen molar-refractivity contribution in [1.29, 1.82) is 0 Å². The largest absolute Gasteiger partial charge is 0.228 e. The van der Waals surface area contributed by atoms with Gasteiger partial charge in [0.25, 0.3) is 0 Å². The van der Waals surface area contributed by atoms with Crippen molar-refractivity contribution in [1.82, 2.24) is 9.97 Å². The summed E-state index contributed by atoms with van der Waals surface area (Å²) in [5, 5.41) is 4.82. The fourth-order valence-corrected chi connectivity index (χ4v) is 10.2. The molecular formula is C61H40N2. The molecule has 0 fully saturated rings. The molecule has 2 heteroatoms. The fraction of sp³-hybridized carbons (Fsp3) is 0.0164. The number of benzene rings is 10. The number of hydrogen-bond donors (Lipinski definition) is 0. The van der Waals surface area contributed by atoms with Crippen molar-refractivity contribution in [3.05, 3.63) is 265 Å². The zero-order valence-corrected chi connectivity index (χ0v) is 34.5. The van der Waals surface area contributed by atoms with E-state index in [4.69, 9.17) is 9.97 Å². The van der Waals surface area contributed by atoms with E-state index in [1.807, 2.05) is 18.2 Å².